The quantitative estimate of drug-likeness (QED) is 0.151. The minimum Gasteiger partial charge on any atom is -0.455 e. The van der Waals surface area contributed by atoms with Gasteiger partial charge in [0.25, 0.3) is 0 Å². The average molecular weight is 740 g/mol. The van der Waals surface area contributed by atoms with Gasteiger partial charge in [-0.05, 0) is 97.6 Å². The predicted octanol–water partition coefficient (Wildman–Crippen LogP) is 16.0. The second-order valence-electron chi connectivity index (χ2n) is 14.8. The maximum atomic E-state index is 6.81. The second kappa shape index (κ2) is 14.1. The molecule has 0 radical (unpaired) electrons. The first-order chi connectivity index (χ1) is 28.8. The van der Waals surface area contributed by atoms with E-state index in [4.69, 9.17) is 4.42 Å². The zero-order chi connectivity index (χ0) is 38.4. The maximum absolute atomic E-state index is 6.81. The molecule has 11 aromatic rings. The van der Waals surface area contributed by atoms with Gasteiger partial charge in [0, 0.05) is 22.0 Å². The van der Waals surface area contributed by atoms with E-state index in [2.05, 4.69) is 229 Å². The number of hydrogen-bond donors (Lipinski definition) is 0. The lowest BCUT2D eigenvalue weighted by Gasteiger charge is -2.28. The van der Waals surface area contributed by atoms with E-state index >= 15 is 0 Å². The van der Waals surface area contributed by atoms with Crippen molar-refractivity contribution in [3.05, 3.63) is 224 Å². The van der Waals surface area contributed by atoms with Crippen molar-refractivity contribution in [2.24, 2.45) is 0 Å². The molecule has 0 spiro atoms. The first kappa shape index (κ1) is 33.6. The number of rotatable bonds is 7. The molecule has 0 amide bonds. The van der Waals surface area contributed by atoms with Crippen LogP contribution < -0.4 is 4.90 Å². The van der Waals surface area contributed by atoms with Crippen LogP contribution in [0.1, 0.15) is 0 Å². The first-order valence-electron chi connectivity index (χ1n) is 19.8. The van der Waals surface area contributed by atoms with E-state index in [-0.39, 0.29) is 0 Å². The van der Waals surface area contributed by atoms with Crippen LogP contribution in [-0.2, 0) is 0 Å². The molecular formula is C56H37NO. The van der Waals surface area contributed by atoms with Crippen LogP contribution in [0, 0.1) is 0 Å². The minimum atomic E-state index is 0.868. The van der Waals surface area contributed by atoms with Gasteiger partial charge < -0.3 is 9.32 Å². The molecule has 0 aliphatic carbocycles. The number of fused-ring (bicyclic) bond motifs is 6. The lowest BCUT2D eigenvalue weighted by atomic mass is 9.91. The normalized spacial score (nSPS) is 11.4. The zero-order valence-corrected chi connectivity index (χ0v) is 31.7. The van der Waals surface area contributed by atoms with Gasteiger partial charge in [0.05, 0.1) is 16.8 Å². The fraction of sp³-hybridized carbons (Fsp3) is 0. The molecule has 0 fully saturated rings. The molecule has 0 saturated heterocycles. The molecule has 10 aromatic carbocycles. The maximum Gasteiger partial charge on any atom is 0.145 e. The molecule has 272 valence electrons. The van der Waals surface area contributed by atoms with E-state index in [1.165, 1.54) is 49.4 Å². The number of benzene rings is 10. The van der Waals surface area contributed by atoms with Crippen molar-refractivity contribution in [2.45, 2.75) is 0 Å². The molecule has 0 bridgehead atoms. The first-order valence-corrected chi connectivity index (χ1v) is 19.8. The van der Waals surface area contributed by atoms with Crippen LogP contribution in [-0.4, -0.2) is 0 Å². The van der Waals surface area contributed by atoms with Gasteiger partial charge in [-0.2, -0.15) is 0 Å². The largest absolute Gasteiger partial charge is 0.455 e. The van der Waals surface area contributed by atoms with Crippen LogP contribution in [0.25, 0.3) is 88.0 Å². The molecule has 2 heteroatoms. The van der Waals surface area contributed by atoms with Crippen molar-refractivity contribution in [1.29, 1.82) is 0 Å². The summed E-state index contributed by atoms with van der Waals surface area (Å²) in [6, 6.07) is 80.6. The van der Waals surface area contributed by atoms with Gasteiger partial charge in [-0.1, -0.05) is 182 Å². The van der Waals surface area contributed by atoms with Gasteiger partial charge in [0.2, 0.25) is 0 Å². The Labute approximate surface area is 337 Å². The summed E-state index contributed by atoms with van der Waals surface area (Å²) < 4.78 is 6.81. The van der Waals surface area contributed by atoms with Crippen molar-refractivity contribution < 1.29 is 4.42 Å². The molecule has 0 N–H and O–H groups in total. The molecule has 1 heterocycles. The summed E-state index contributed by atoms with van der Waals surface area (Å²) in [5.74, 6) is 0. The van der Waals surface area contributed by atoms with E-state index in [1.807, 2.05) is 0 Å². The van der Waals surface area contributed by atoms with Crippen LogP contribution in [0.15, 0.2) is 229 Å². The summed E-state index contributed by atoms with van der Waals surface area (Å²) in [4.78, 5) is 2.44. The van der Waals surface area contributed by atoms with Crippen molar-refractivity contribution in [3.8, 4) is 44.5 Å². The molecular weight excluding hydrogens is 703 g/mol. The average Bonchev–Trinajstić information content (AvgIpc) is 3.70. The Kier molecular flexibility index (Phi) is 8.19. The van der Waals surface area contributed by atoms with Crippen LogP contribution in [0.5, 0.6) is 0 Å². The summed E-state index contributed by atoms with van der Waals surface area (Å²) >= 11 is 0. The third kappa shape index (κ3) is 5.74. The van der Waals surface area contributed by atoms with E-state index in [0.717, 1.165) is 55.7 Å². The van der Waals surface area contributed by atoms with Crippen LogP contribution >= 0.6 is 0 Å². The van der Waals surface area contributed by atoms with Crippen molar-refractivity contribution >= 4 is 60.5 Å². The lowest BCUT2D eigenvalue weighted by molar-refractivity contribution is 0.670. The van der Waals surface area contributed by atoms with Crippen molar-refractivity contribution in [2.75, 3.05) is 4.90 Å². The Hall–Kier alpha value is -7.68. The van der Waals surface area contributed by atoms with Gasteiger partial charge in [-0.15, -0.1) is 0 Å². The number of nitrogens with zero attached hydrogens (tertiary/aromatic N) is 1. The molecule has 1 aromatic heterocycles. The van der Waals surface area contributed by atoms with Gasteiger partial charge in [0.1, 0.15) is 11.2 Å². The molecule has 0 aliphatic heterocycles. The smallest absolute Gasteiger partial charge is 0.145 e. The van der Waals surface area contributed by atoms with Gasteiger partial charge in [-0.25, -0.2) is 0 Å². The molecule has 0 aliphatic rings. The third-order valence-electron chi connectivity index (χ3n) is 11.5. The summed E-state index contributed by atoms with van der Waals surface area (Å²) in [5.41, 5.74) is 14.3. The van der Waals surface area contributed by atoms with E-state index in [9.17, 15) is 0 Å². The second-order valence-corrected chi connectivity index (χ2v) is 14.8. The number of anilines is 3. The fourth-order valence-corrected chi connectivity index (χ4v) is 8.73. The highest BCUT2D eigenvalue weighted by Crippen LogP contribution is 2.49. The van der Waals surface area contributed by atoms with Crippen LogP contribution in [0.2, 0.25) is 0 Å². The zero-order valence-electron chi connectivity index (χ0n) is 31.7. The summed E-state index contributed by atoms with van der Waals surface area (Å²) in [7, 11) is 0. The van der Waals surface area contributed by atoms with Crippen LogP contribution in [0.4, 0.5) is 17.1 Å². The Bertz CT molecular complexity index is 3260. The summed E-state index contributed by atoms with van der Waals surface area (Å²) in [5, 5.41) is 7.00. The van der Waals surface area contributed by atoms with E-state index < -0.39 is 0 Å². The molecule has 0 atom stereocenters. The standard InChI is InChI=1S/C56H37NO/c1-4-15-38(16-5-1)44-31-34-46(39-17-6-2-7-18-39)50(37-44)42-29-32-45(33-30-42)57(51-25-14-22-43-28-27-41-21-10-11-23-47(41)54(43)51)52-36-35-48(40-19-8-3-9-20-40)56-55(52)49-24-12-13-26-53(49)58-56/h1-37H. The topological polar surface area (TPSA) is 16.4 Å². The molecule has 2 nitrogen and oxygen atoms in total. The van der Waals surface area contributed by atoms with Crippen LogP contribution in [0.3, 0.4) is 0 Å². The Balaban J connectivity index is 1.17. The number of furan rings is 1. The van der Waals surface area contributed by atoms with Crippen molar-refractivity contribution in [3.63, 3.8) is 0 Å². The molecule has 0 unspecified atom stereocenters. The highest BCUT2D eigenvalue weighted by molar-refractivity contribution is 6.20. The number of para-hydroxylation sites is 1. The van der Waals surface area contributed by atoms with E-state index in [0.29, 0.717) is 0 Å². The van der Waals surface area contributed by atoms with Crippen molar-refractivity contribution in [1.82, 2.24) is 0 Å². The lowest BCUT2D eigenvalue weighted by Crippen LogP contribution is -2.11. The molecule has 11 rings (SSSR count). The highest BCUT2D eigenvalue weighted by atomic mass is 16.3. The monoisotopic (exact) mass is 739 g/mol. The third-order valence-corrected chi connectivity index (χ3v) is 11.5. The predicted molar refractivity (Wildman–Crippen MR) is 245 cm³/mol. The highest BCUT2D eigenvalue weighted by Gasteiger charge is 2.24. The fourth-order valence-electron chi connectivity index (χ4n) is 8.73. The van der Waals surface area contributed by atoms with Gasteiger partial charge in [0.15, 0.2) is 0 Å². The Morgan fingerprint density at radius 3 is 1.62 bits per heavy atom. The molecule has 0 saturated carbocycles. The Morgan fingerprint density at radius 1 is 0.310 bits per heavy atom. The van der Waals surface area contributed by atoms with Gasteiger partial charge in [-0.3, -0.25) is 0 Å². The summed E-state index contributed by atoms with van der Waals surface area (Å²) in [6.45, 7) is 0. The molecule has 58 heavy (non-hydrogen) atoms. The number of hydrogen-bond acceptors (Lipinski definition) is 2. The van der Waals surface area contributed by atoms with E-state index in [1.54, 1.807) is 0 Å². The summed E-state index contributed by atoms with van der Waals surface area (Å²) in [6.07, 6.45) is 0. The van der Waals surface area contributed by atoms with Gasteiger partial charge >= 0.3 is 0 Å². The Morgan fingerprint density at radius 2 is 0.862 bits per heavy atom. The SMILES string of the molecule is c1ccc(-c2ccc(-c3ccccc3)c(-c3ccc(N(c4cccc5ccc6ccccc6c45)c4ccc(-c5ccccc5)c5oc6ccccc6c45)cc3)c2)cc1. The minimum absolute atomic E-state index is 0.868.